The molecule has 3 saturated heterocycles. The highest BCUT2D eigenvalue weighted by Gasteiger charge is 2.53. The molecule has 3 aliphatic rings. The Morgan fingerprint density at radius 1 is 0.474 bits per heavy atom. The number of aliphatic hydroxyl groups is 10. The average molecular weight is 1420 g/mol. The highest BCUT2D eigenvalue weighted by Crippen LogP contribution is 2.43. The van der Waals surface area contributed by atoms with E-state index in [9.17, 15) is 79.7 Å². The fraction of sp³-hybridized carbons (Fsp3) is 0.882. The summed E-state index contributed by atoms with van der Waals surface area (Å²) in [5.41, 5.74) is 0. The van der Waals surface area contributed by atoms with E-state index in [-0.39, 0.29) is 51.3 Å². The van der Waals surface area contributed by atoms with Crippen LogP contribution in [0.2, 0.25) is 0 Å². The SMILES string of the molecule is CCCCCCCCC=CCCCCCCCC(=O)O[C@H](COC(=O)C(C=CCCCCCCCC)CCCCCC)COP(=O)(O)OCCNC(=O)CCCCC(=O)NCCCO[C@@H]1OC(CO)[C@@H](O[C@@H]2OC(CO)[C@H](O[C@H]3OC(CO)[C@H](O)[C@H](O)C3O)[C@H](O)C2O)[C@H](O)C1O. The third kappa shape index (κ3) is 36.0. The summed E-state index contributed by atoms with van der Waals surface area (Å²) < 4.78 is 68.2. The van der Waals surface area contributed by atoms with Gasteiger partial charge >= 0.3 is 19.8 Å². The van der Waals surface area contributed by atoms with Crippen molar-refractivity contribution in [3.8, 4) is 0 Å². The van der Waals surface area contributed by atoms with Crippen molar-refractivity contribution in [2.24, 2.45) is 5.92 Å². The summed E-state index contributed by atoms with van der Waals surface area (Å²) in [6.45, 7) is 2.52. The fourth-order valence-electron chi connectivity index (χ4n) is 11.4. The van der Waals surface area contributed by atoms with Crippen molar-refractivity contribution < 1.29 is 127 Å². The number of ether oxygens (including phenoxy) is 8. The van der Waals surface area contributed by atoms with Gasteiger partial charge in [-0.1, -0.05) is 154 Å². The van der Waals surface area contributed by atoms with E-state index in [1.54, 1.807) is 0 Å². The van der Waals surface area contributed by atoms with Crippen molar-refractivity contribution in [2.75, 3.05) is 59.3 Å². The van der Waals surface area contributed by atoms with Gasteiger partial charge in [-0.25, -0.2) is 4.57 Å². The third-order valence-electron chi connectivity index (χ3n) is 17.3. The predicted octanol–water partition coefficient (Wildman–Crippen LogP) is 5.15. The largest absolute Gasteiger partial charge is 0.472 e. The second-order valence-corrected chi connectivity index (χ2v) is 27.0. The van der Waals surface area contributed by atoms with Crippen LogP contribution in [0.15, 0.2) is 24.3 Å². The Bertz CT molecular complexity index is 2180. The van der Waals surface area contributed by atoms with Gasteiger partial charge in [0, 0.05) is 32.4 Å². The van der Waals surface area contributed by atoms with Gasteiger partial charge in [-0.05, 0) is 70.6 Å². The average Bonchev–Trinajstić information content (AvgIpc) is 0.798. The molecule has 3 heterocycles. The van der Waals surface area contributed by atoms with E-state index in [1.165, 1.54) is 64.2 Å². The van der Waals surface area contributed by atoms with Crippen LogP contribution in [0.4, 0.5) is 0 Å². The maximum absolute atomic E-state index is 13.6. The molecule has 13 N–H and O–H groups in total. The molecular formula is C68H123N2O26P. The van der Waals surface area contributed by atoms with Crippen LogP contribution in [0.25, 0.3) is 0 Å². The van der Waals surface area contributed by atoms with Gasteiger partial charge in [-0.15, -0.1) is 0 Å². The van der Waals surface area contributed by atoms with Gasteiger partial charge in [0.05, 0.1) is 45.6 Å². The van der Waals surface area contributed by atoms with Crippen molar-refractivity contribution in [2.45, 2.75) is 318 Å². The van der Waals surface area contributed by atoms with E-state index in [4.69, 9.17) is 46.9 Å². The Morgan fingerprint density at radius 3 is 1.47 bits per heavy atom. The standard InChI is InChI=1S/C68H123N2O26P/c1-4-7-10-13-15-17-18-19-20-21-22-23-25-27-30-38-55(76)91-49(46-88-65(84)48(34-28-12-9-6-3)35-29-26-24-16-14-11-8-5-2)47-90-97(85,86)89-42-40-70-54(75)37-32-31-36-53(74)69-39-33-41-87-66-61(82)58(79)63(51(44-72)93-66)96-68-62(83)59(80)64(52(45-73)94-68)95-67-60(81)57(78)56(77)50(43-71)92-67/h19-20,29,35,48-52,56-64,66-68,71-73,77-83H,4-18,21-28,30-34,36-47H2,1-3H3,(H,69,74)(H,70,75)(H,85,86)/t48?,49-,50?,51?,52?,56+,57+,58-,59-,60?,61?,62?,63-,64+,66-,67-,68+/m1/s1. The van der Waals surface area contributed by atoms with Crippen LogP contribution in [-0.2, 0) is 70.7 Å². The first-order valence-corrected chi connectivity index (χ1v) is 37.6. The second-order valence-electron chi connectivity index (χ2n) is 25.6. The summed E-state index contributed by atoms with van der Waals surface area (Å²) >= 11 is 0. The van der Waals surface area contributed by atoms with E-state index in [2.05, 4.69) is 43.6 Å². The maximum Gasteiger partial charge on any atom is 0.472 e. The quantitative estimate of drug-likeness (QED) is 0.0162. The van der Waals surface area contributed by atoms with E-state index >= 15 is 0 Å². The lowest BCUT2D eigenvalue weighted by atomic mass is 9.96. The molecule has 0 bridgehead atoms. The third-order valence-corrected chi connectivity index (χ3v) is 18.3. The number of amides is 2. The van der Waals surface area contributed by atoms with E-state index < -0.39 is 169 Å². The minimum absolute atomic E-state index is 0.0331. The first kappa shape index (κ1) is 88.0. The van der Waals surface area contributed by atoms with Crippen LogP contribution in [0.1, 0.15) is 220 Å². The van der Waals surface area contributed by atoms with Crippen LogP contribution in [0.5, 0.6) is 0 Å². The topological polar surface area (TPSA) is 424 Å². The van der Waals surface area contributed by atoms with E-state index in [0.717, 1.165) is 83.5 Å². The van der Waals surface area contributed by atoms with Gasteiger partial charge in [0.2, 0.25) is 11.8 Å². The number of carbonyl (C=O) groups excluding carboxylic acids is 4. The smallest absolute Gasteiger partial charge is 0.461 e. The molecule has 566 valence electrons. The molecule has 0 aromatic heterocycles. The Balaban J connectivity index is 1.38. The summed E-state index contributed by atoms with van der Waals surface area (Å²) in [6, 6.07) is 0. The van der Waals surface area contributed by atoms with Gasteiger partial charge in [0.15, 0.2) is 25.0 Å². The number of nitrogens with one attached hydrogen (secondary N) is 2. The highest BCUT2D eigenvalue weighted by molar-refractivity contribution is 7.47. The van der Waals surface area contributed by atoms with Crippen LogP contribution >= 0.6 is 7.82 Å². The molecule has 3 rings (SSSR count). The summed E-state index contributed by atoms with van der Waals surface area (Å²) in [6.07, 6.45) is 9.33. The number of hydrogen-bond donors (Lipinski definition) is 13. The lowest BCUT2D eigenvalue weighted by Gasteiger charge is -2.48. The number of phosphoric ester groups is 1. The first-order chi connectivity index (χ1) is 46.7. The monoisotopic (exact) mass is 1410 g/mol. The van der Waals surface area contributed by atoms with Crippen LogP contribution in [0, 0.1) is 5.92 Å². The highest BCUT2D eigenvalue weighted by atomic mass is 31.2. The molecule has 0 aromatic rings. The lowest BCUT2D eigenvalue weighted by Crippen LogP contribution is -2.66. The molecule has 3 aliphatic heterocycles. The molecule has 0 aliphatic carbocycles. The molecule has 29 heteroatoms. The molecule has 0 spiro atoms. The molecule has 97 heavy (non-hydrogen) atoms. The number of unbranched alkanes of at least 4 members (excludes halogenated alkanes) is 21. The molecular weight excluding hydrogens is 1290 g/mol. The molecule has 0 radical (unpaired) electrons. The Hall–Kier alpha value is -3.17. The summed E-state index contributed by atoms with van der Waals surface area (Å²) in [7, 11) is -4.75. The van der Waals surface area contributed by atoms with Crippen LogP contribution in [-0.4, -0.2) is 237 Å². The van der Waals surface area contributed by atoms with Crippen molar-refractivity contribution in [1.29, 1.82) is 0 Å². The molecule has 0 aromatic carbocycles. The Morgan fingerprint density at radius 2 is 0.928 bits per heavy atom. The fourth-order valence-corrected chi connectivity index (χ4v) is 12.1. The number of rotatable bonds is 56. The van der Waals surface area contributed by atoms with Gasteiger partial charge in [-0.3, -0.25) is 28.2 Å². The van der Waals surface area contributed by atoms with Gasteiger partial charge in [0.25, 0.3) is 0 Å². The molecule has 18 atom stereocenters. The Kier molecular flexibility index (Phi) is 47.9. The number of phosphoric acid groups is 1. The molecule has 3 fully saturated rings. The maximum atomic E-state index is 13.6. The van der Waals surface area contributed by atoms with Crippen LogP contribution in [0.3, 0.4) is 0 Å². The number of esters is 2. The zero-order chi connectivity index (χ0) is 71.2. The minimum atomic E-state index is -4.75. The molecule has 0 saturated carbocycles. The zero-order valence-corrected chi connectivity index (χ0v) is 58.8. The van der Waals surface area contributed by atoms with Gasteiger partial charge < -0.3 is 104 Å². The number of hydrogen-bond acceptors (Lipinski definition) is 25. The zero-order valence-electron chi connectivity index (χ0n) is 57.9. The second kappa shape index (κ2) is 52.7. The number of carbonyl (C=O) groups is 4. The van der Waals surface area contributed by atoms with Crippen LogP contribution < -0.4 is 10.6 Å². The van der Waals surface area contributed by atoms with Crippen molar-refractivity contribution in [1.82, 2.24) is 10.6 Å². The minimum Gasteiger partial charge on any atom is -0.461 e. The number of aliphatic hydroxyl groups excluding tert-OH is 10. The summed E-state index contributed by atoms with van der Waals surface area (Å²) in [5, 5.41) is 110. The van der Waals surface area contributed by atoms with E-state index in [0.29, 0.717) is 25.7 Å². The molecule has 28 nitrogen and oxygen atoms in total. The lowest BCUT2D eigenvalue weighted by molar-refractivity contribution is -0.379. The van der Waals surface area contributed by atoms with Crippen molar-refractivity contribution in [3.05, 3.63) is 24.3 Å². The van der Waals surface area contributed by atoms with Gasteiger partial charge in [0.1, 0.15) is 79.9 Å². The molecule has 8 unspecified atom stereocenters. The summed E-state index contributed by atoms with van der Waals surface area (Å²) in [5.74, 6) is -2.27. The molecule has 2 amide bonds. The predicted molar refractivity (Wildman–Crippen MR) is 355 cm³/mol. The number of allylic oxidation sites excluding steroid dienone is 3. The normalized spacial score (nSPS) is 27.4. The van der Waals surface area contributed by atoms with Gasteiger partial charge in [-0.2, -0.15) is 0 Å². The Labute approximate surface area is 574 Å². The van der Waals surface area contributed by atoms with Crippen molar-refractivity contribution in [3.63, 3.8) is 0 Å². The summed E-state index contributed by atoms with van der Waals surface area (Å²) in [4.78, 5) is 62.4. The first-order valence-electron chi connectivity index (χ1n) is 36.1. The van der Waals surface area contributed by atoms with Crippen molar-refractivity contribution >= 4 is 31.6 Å². The van der Waals surface area contributed by atoms with E-state index in [1.807, 2.05) is 12.2 Å².